The summed E-state index contributed by atoms with van der Waals surface area (Å²) in [5, 5.41) is 0. The second-order valence-electron chi connectivity index (χ2n) is 5.04. The average Bonchev–Trinajstić information content (AvgIpc) is 2.76. The molecule has 0 atom stereocenters. The highest BCUT2D eigenvalue weighted by Gasteiger charge is 2.29. The molecule has 2 nitrogen and oxygen atoms in total. The van der Waals surface area contributed by atoms with Gasteiger partial charge < -0.3 is 9.55 Å². The summed E-state index contributed by atoms with van der Waals surface area (Å²) in [5.41, 5.74) is 1.82. The number of hydrogen-bond acceptors (Lipinski definition) is 1. The average molecular weight is 224 g/mol. The summed E-state index contributed by atoms with van der Waals surface area (Å²) in [4.78, 5) is 3.16. The fourth-order valence-corrected chi connectivity index (χ4v) is 2.91. The van der Waals surface area contributed by atoms with E-state index < -0.39 is 0 Å². The number of aromatic amines is 1. The minimum absolute atomic E-state index is 0.477. The third-order valence-electron chi connectivity index (χ3n) is 3.67. The lowest BCUT2D eigenvalue weighted by molar-refractivity contribution is 0.277. The first-order valence-electron chi connectivity index (χ1n) is 5.92. The normalized spacial score (nSPS) is 19.6. The third-order valence-corrected chi connectivity index (χ3v) is 4.01. The molecule has 1 aromatic rings. The van der Waals surface area contributed by atoms with E-state index >= 15 is 0 Å². The summed E-state index contributed by atoms with van der Waals surface area (Å²) in [6.45, 7) is 5.68. The standard InChI is InChI=1S/C12H20N2S/c1-3-10-8-13-11(15)14(10)9-12(2)6-4-5-7-12/h8H,3-7,9H2,1-2H3,(H,13,15). The summed E-state index contributed by atoms with van der Waals surface area (Å²) < 4.78 is 3.18. The third kappa shape index (κ3) is 2.17. The number of imidazole rings is 1. The van der Waals surface area contributed by atoms with Gasteiger partial charge in [-0.15, -0.1) is 0 Å². The summed E-state index contributed by atoms with van der Waals surface area (Å²) >= 11 is 5.33. The van der Waals surface area contributed by atoms with E-state index in [1.807, 2.05) is 0 Å². The number of H-pyrrole nitrogens is 1. The van der Waals surface area contributed by atoms with E-state index in [-0.39, 0.29) is 0 Å². The van der Waals surface area contributed by atoms with E-state index in [2.05, 4.69) is 29.6 Å². The first-order chi connectivity index (χ1) is 7.14. The number of rotatable bonds is 3. The predicted octanol–water partition coefficient (Wildman–Crippen LogP) is 3.69. The molecule has 1 N–H and O–H groups in total. The molecule has 3 heteroatoms. The number of hydrogen-bond donors (Lipinski definition) is 1. The van der Waals surface area contributed by atoms with Crippen molar-refractivity contribution in [1.29, 1.82) is 0 Å². The van der Waals surface area contributed by atoms with Crippen molar-refractivity contribution in [3.63, 3.8) is 0 Å². The van der Waals surface area contributed by atoms with Crippen molar-refractivity contribution >= 4 is 12.2 Å². The predicted molar refractivity (Wildman–Crippen MR) is 65.6 cm³/mol. The van der Waals surface area contributed by atoms with Crippen molar-refractivity contribution in [3.8, 4) is 0 Å². The van der Waals surface area contributed by atoms with Gasteiger partial charge in [0.15, 0.2) is 4.77 Å². The highest BCUT2D eigenvalue weighted by Crippen LogP contribution is 2.39. The van der Waals surface area contributed by atoms with E-state index in [0.717, 1.165) is 17.7 Å². The van der Waals surface area contributed by atoms with E-state index in [0.29, 0.717) is 5.41 Å². The Hall–Kier alpha value is -0.570. The van der Waals surface area contributed by atoms with Crippen molar-refractivity contribution < 1.29 is 0 Å². The maximum absolute atomic E-state index is 5.33. The molecule has 0 radical (unpaired) electrons. The van der Waals surface area contributed by atoms with Gasteiger partial charge in [-0.05, 0) is 36.9 Å². The van der Waals surface area contributed by atoms with Gasteiger partial charge in [0.2, 0.25) is 0 Å². The first kappa shape index (κ1) is 10.9. The summed E-state index contributed by atoms with van der Waals surface area (Å²) in [7, 11) is 0. The largest absolute Gasteiger partial charge is 0.337 e. The van der Waals surface area contributed by atoms with E-state index in [9.17, 15) is 0 Å². The maximum atomic E-state index is 5.33. The van der Waals surface area contributed by atoms with Crippen LogP contribution in [0.5, 0.6) is 0 Å². The molecule has 0 unspecified atom stereocenters. The zero-order valence-corrected chi connectivity index (χ0v) is 10.5. The molecule has 1 aliphatic rings. The van der Waals surface area contributed by atoms with Gasteiger partial charge in [0.1, 0.15) is 0 Å². The van der Waals surface area contributed by atoms with Crippen molar-refractivity contribution in [3.05, 3.63) is 16.7 Å². The molecule has 84 valence electrons. The molecular formula is C12H20N2S. The van der Waals surface area contributed by atoms with Gasteiger partial charge in [0.25, 0.3) is 0 Å². The summed E-state index contributed by atoms with van der Waals surface area (Å²) in [5.74, 6) is 0. The lowest BCUT2D eigenvalue weighted by atomic mass is 9.89. The second-order valence-corrected chi connectivity index (χ2v) is 5.43. The number of nitrogens with zero attached hydrogens (tertiary/aromatic N) is 1. The summed E-state index contributed by atoms with van der Waals surface area (Å²) in [6, 6.07) is 0. The Morgan fingerprint density at radius 3 is 2.73 bits per heavy atom. The molecule has 1 aromatic heterocycles. The molecule has 1 saturated carbocycles. The van der Waals surface area contributed by atoms with Crippen LogP contribution >= 0.6 is 12.2 Å². The van der Waals surface area contributed by atoms with E-state index in [1.54, 1.807) is 0 Å². The molecule has 1 fully saturated rings. The molecule has 0 amide bonds. The highest BCUT2D eigenvalue weighted by molar-refractivity contribution is 7.71. The van der Waals surface area contributed by atoms with Gasteiger partial charge in [-0.1, -0.05) is 26.7 Å². The molecule has 0 spiro atoms. The zero-order chi connectivity index (χ0) is 10.9. The smallest absolute Gasteiger partial charge is 0.177 e. The van der Waals surface area contributed by atoms with Crippen molar-refractivity contribution in [2.45, 2.75) is 52.5 Å². The molecule has 1 aliphatic carbocycles. The molecule has 1 heterocycles. The minimum atomic E-state index is 0.477. The van der Waals surface area contributed by atoms with Crippen molar-refractivity contribution in [2.24, 2.45) is 5.41 Å². The molecule has 0 aliphatic heterocycles. The van der Waals surface area contributed by atoms with Crippen LogP contribution in [0, 0.1) is 10.2 Å². The highest BCUT2D eigenvalue weighted by atomic mass is 32.1. The van der Waals surface area contributed by atoms with Gasteiger partial charge in [0.05, 0.1) is 0 Å². The lowest BCUT2D eigenvalue weighted by Gasteiger charge is -2.24. The minimum Gasteiger partial charge on any atom is -0.337 e. The monoisotopic (exact) mass is 224 g/mol. The maximum Gasteiger partial charge on any atom is 0.177 e. The molecule has 0 saturated heterocycles. The zero-order valence-electron chi connectivity index (χ0n) is 9.68. The topological polar surface area (TPSA) is 20.7 Å². The van der Waals surface area contributed by atoms with Crippen LogP contribution in [0.4, 0.5) is 0 Å². The Bertz CT molecular complexity index is 383. The number of aromatic nitrogens is 2. The van der Waals surface area contributed by atoms with Crippen LogP contribution in [0.3, 0.4) is 0 Å². The Morgan fingerprint density at radius 1 is 1.47 bits per heavy atom. The quantitative estimate of drug-likeness (QED) is 0.777. The van der Waals surface area contributed by atoms with Crippen LogP contribution in [0.25, 0.3) is 0 Å². The Labute approximate surface area is 96.7 Å². The van der Waals surface area contributed by atoms with Crippen molar-refractivity contribution in [1.82, 2.24) is 9.55 Å². The van der Waals surface area contributed by atoms with Gasteiger partial charge in [-0.2, -0.15) is 0 Å². The molecule has 0 aromatic carbocycles. The first-order valence-corrected chi connectivity index (χ1v) is 6.32. The molecule has 15 heavy (non-hydrogen) atoms. The van der Waals surface area contributed by atoms with Crippen LogP contribution in [0.2, 0.25) is 0 Å². The van der Waals surface area contributed by atoms with E-state index in [1.165, 1.54) is 31.4 Å². The van der Waals surface area contributed by atoms with Crippen LogP contribution < -0.4 is 0 Å². The van der Waals surface area contributed by atoms with Crippen LogP contribution in [0.1, 0.15) is 45.2 Å². The lowest BCUT2D eigenvalue weighted by Crippen LogP contribution is -2.20. The Kier molecular flexibility index (Phi) is 3.01. The van der Waals surface area contributed by atoms with Crippen LogP contribution in [-0.4, -0.2) is 9.55 Å². The SMILES string of the molecule is CCc1c[nH]c(=S)n1CC1(C)CCCC1. The molecular weight excluding hydrogens is 204 g/mol. The molecule has 0 bridgehead atoms. The van der Waals surface area contributed by atoms with Gasteiger partial charge in [0, 0.05) is 18.4 Å². The number of aryl methyl sites for hydroxylation is 1. The van der Waals surface area contributed by atoms with Gasteiger partial charge in [-0.3, -0.25) is 0 Å². The second kappa shape index (κ2) is 4.12. The van der Waals surface area contributed by atoms with Crippen LogP contribution in [-0.2, 0) is 13.0 Å². The number of nitrogens with one attached hydrogen (secondary N) is 1. The van der Waals surface area contributed by atoms with Crippen LogP contribution in [0.15, 0.2) is 6.20 Å². The van der Waals surface area contributed by atoms with Gasteiger partial charge >= 0.3 is 0 Å². The van der Waals surface area contributed by atoms with Gasteiger partial charge in [-0.25, -0.2) is 0 Å². The Balaban J connectivity index is 2.22. The molecule has 2 rings (SSSR count). The summed E-state index contributed by atoms with van der Waals surface area (Å²) in [6.07, 6.45) is 8.58. The van der Waals surface area contributed by atoms with E-state index in [4.69, 9.17) is 12.2 Å². The fourth-order valence-electron chi connectivity index (χ4n) is 2.67. The Morgan fingerprint density at radius 2 is 2.13 bits per heavy atom. The van der Waals surface area contributed by atoms with Crippen molar-refractivity contribution in [2.75, 3.05) is 0 Å². The fraction of sp³-hybridized carbons (Fsp3) is 0.750.